The predicted octanol–water partition coefficient (Wildman–Crippen LogP) is 10.9. The van der Waals surface area contributed by atoms with Crippen molar-refractivity contribution < 1.29 is 14.3 Å². The molecule has 4 aliphatic rings. The van der Waals surface area contributed by atoms with E-state index in [2.05, 4.69) is 6.92 Å². The fourth-order valence-corrected chi connectivity index (χ4v) is 9.80. The predicted molar refractivity (Wildman–Crippen MR) is 172 cm³/mol. The highest BCUT2D eigenvalue weighted by Crippen LogP contribution is 2.48. The van der Waals surface area contributed by atoms with Crippen LogP contribution in [-0.4, -0.2) is 26.3 Å². The summed E-state index contributed by atoms with van der Waals surface area (Å²) in [7, 11) is 1.76. The molecule has 0 aromatic carbocycles. The number of unbranched alkanes of at least 4 members (excludes halogenated alkanes) is 6. The maximum absolute atomic E-state index is 12.6. The molecule has 0 aromatic heterocycles. The lowest BCUT2D eigenvalue weighted by Gasteiger charge is -2.43. The lowest BCUT2D eigenvalue weighted by Crippen LogP contribution is -2.32. The van der Waals surface area contributed by atoms with Crippen LogP contribution in [0.2, 0.25) is 0 Å². The van der Waals surface area contributed by atoms with Gasteiger partial charge >= 0.3 is 5.97 Å². The molecule has 4 saturated carbocycles. The Hall–Kier alpha value is -0.570. The van der Waals surface area contributed by atoms with Gasteiger partial charge in [0.2, 0.25) is 0 Å². The van der Waals surface area contributed by atoms with E-state index in [0.717, 1.165) is 80.1 Å². The first kappa shape index (κ1) is 33.3. The Kier molecular flexibility index (Phi) is 15.4. The maximum atomic E-state index is 12.6. The second-order valence-corrected chi connectivity index (χ2v) is 15.2. The standard InChI is InChI=1S/C38H68O3/c1-3-4-5-8-11-30-12-14-31(15-13-30)32-16-18-33(19-17-32)34-20-22-35(23-21-34)36-24-26-37(27-25-36)38(39)41-29-10-7-6-9-28-40-2/h30-37H,3-29H2,1-2H3. The molecule has 0 heterocycles. The molecule has 3 nitrogen and oxygen atoms in total. The minimum atomic E-state index is 0.0927. The van der Waals surface area contributed by atoms with E-state index in [-0.39, 0.29) is 11.9 Å². The molecular formula is C38H68O3. The number of ether oxygens (including phenoxy) is 2. The second-order valence-electron chi connectivity index (χ2n) is 15.2. The molecule has 4 aliphatic carbocycles. The van der Waals surface area contributed by atoms with Gasteiger partial charge in [0.1, 0.15) is 0 Å². The van der Waals surface area contributed by atoms with Crippen LogP contribution in [0.25, 0.3) is 0 Å². The molecule has 0 radical (unpaired) electrons. The van der Waals surface area contributed by atoms with E-state index >= 15 is 0 Å². The number of esters is 1. The molecule has 0 aromatic rings. The monoisotopic (exact) mass is 573 g/mol. The van der Waals surface area contributed by atoms with Gasteiger partial charge in [-0.05, 0) is 151 Å². The van der Waals surface area contributed by atoms with Crippen molar-refractivity contribution >= 4 is 5.97 Å². The molecule has 0 spiro atoms. The summed E-state index contributed by atoms with van der Waals surface area (Å²) < 4.78 is 10.8. The largest absolute Gasteiger partial charge is 0.465 e. The van der Waals surface area contributed by atoms with E-state index in [4.69, 9.17) is 9.47 Å². The summed E-state index contributed by atoms with van der Waals surface area (Å²) in [5.74, 6) is 7.32. The average molecular weight is 573 g/mol. The first-order valence-electron chi connectivity index (χ1n) is 18.8. The highest BCUT2D eigenvalue weighted by atomic mass is 16.5. The van der Waals surface area contributed by atoms with E-state index < -0.39 is 0 Å². The lowest BCUT2D eigenvalue weighted by atomic mass is 9.63. The van der Waals surface area contributed by atoms with Gasteiger partial charge in [0.25, 0.3) is 0 Å². The second kappa shape index (κ2) is 19.0. The Morgan fingerprint density at radius 2 is 0.927 bits per heavy atom. The van der Waals surface area contributed by atoms with Crippen molar-refractivity contribution in [2.24, 2.45) is 47.3 Å². The zero-order valence-corrected chi connectivity index (χ0v) is 27.4. The van der Waals surface area contributed by atoms with E-state index in [1.807, 2.05) is 0 Å². The number of hydrogen-bond donors (Lipinski definition) is 0. The number of rotatable bonds is 16. The van der Waals surface area contributed by atoms with Gasteiger partial charge in [-0.25, -0.2) is 0 Å². The van der Waals surface area contributed by atoms with Crippen LogP contribution in [0.3, 0.4) is 0 Å². The summed E-state index contributed by atoms with van der Waals surface area (Å²) in [4.78, 5) is 12.6. The first-order valence-corrected chi connectivity index (χ1v) is 18.8. The highest BCUT2D eigenvalue weighted by molar-refractivity contribution is 5.72. The van der Waals surface area contributed by atoms with Gasteiger partial charge in [-0.3, -0.25) is 4.79 Å². The van der Waals surface area contributed by atoms with Crippen molar-refractivity contribution in [1.29, 1.82) is 0 Å². The summed E-state index contributed by atoms with van der Waals surface area (Å²) in [6.07, 6.45) is 34.6. The van der Waals surface area contributed by atoms with Gasteiger partial charge in [-0.1, -0.05) is 58.3 Å². The molecule has 0 bridgehead atoms. The molecule has 4 fully saturated rings. The van der Waals surface area contributed by atoms with Crippen LogP contribution in [0.5, 0.6) is 0 Å². The average Bonchev–Trinajstić information content (AvgIpc) is 3.03. The third-order valence-corrected chi connectivity index (χ3v) is 12.6. The molecule has 238 valence electrons. The Bertz CT molecular complexity index is 674. The van der Waals surface area contributed by atoms with Gasteiger partial charge in [-0.2, -0.15) is 0 Å². The number of carbonyl (C=O) groups is 1. The molecule has 0 atom stereocenters. The zero-order chi connectivity index (χ0) is 28.7. The van der Waals surface area contributed by atoms with Gasteiger partial charge in [0, 0.05) is 13.7 Å². The molecular weight excluding hydrogens is 504 g/mol. The minimum Gasteiger partial charge on any atom is -0.465 e. The van der Waals surface area contributed by atoms with E-state index in [1.165, 1.54) is 89.9 Å². The molecule has 0 aliphatic heterocycles. The number of methoxy groups -OCH3 is 1. The Balaban J connectivity index is 1.04. The first-order chi connectivity index (χ1) is 20.2. The van der Waals surface area contributed by atoms with Crippen molar-refractivity contribution in [3.63, 3.8) is 0 Å². The van der Waals surface area contributed by atoms with Crippen molar-refractivity contribution in [3.8, 4) is 0 Å². The molecule has 41 heavy (non-hydrogen) atoms. The molecule has 0 saturated heterocycles. The van der Waals surface area contributed by atoms with Gasteiger partial charge in [0.05, 0.1) is 12.5 Å². The van der Waals surface area contributed by atoms with E-state index in [1.54, 1.807) is 45.6 Å². The van der Waals surface area contributed by atoms with E-state index in [9.17, 15) is 4.79 Å². The number of carbonyl (C=O) groups excluding carboxylic acids is 1. The van der Waals surface area contributed by atoms with Gasteiger partial charge in [-0.15, -0.1) is 0 Å². The molecule has 4 rings (SSSR count). The fourth-order valence-electron chi connectivity index (χ4n) is 9.80. The topological polar surface area (TPSA) is 35.5 Å². The molecule has 0 unspecified atom stereocenters. The summed E-state index contributed by atoms with van der Waals surface area (Å²) in [5, 5.41) is 0. The molecule has 0 amide bonds. The number of hydrogen-bond acceptors (Lipinski definition) is 3. The lowest BCUT2D eigenvalue weighted by molar-refractivity contribution is -0.150. The third-order valence-electron chi connectivity index (χ3n) is 12.6. The van der Waals surface area contributed by atoms with E-state index in [0.29, 0.717) is 6.61 Å². The Morgan fingerprint density at radius 1 is 0.512 bits per heavy atom. The quantitative estimate of drug-likeness (QED) is 0.136. The van der Waals surface area contributed by atoms with Crippen molar-refractivity contribution in [3.05, 3.63) is 0 Å². The SMILES string of the molecule is CCCCCCC1CCC(C2CCC(C3CCC(C4CCC(C(=O)OCCCCCCOC)CC4)CC3)CC2)CC1. The maximum Gasteiger partial charge on any atom is 0.308 e. The van der Waals surface area contributed by atoms with Crippen LogP contribution < -0.4 is 0 Å². The summed E-state index contributed by atoms with van der Waals surface area (Å²) in [6, 6.07) is 0. The Morgan fingerprint density at radius 3 is 1.39 bits per heavy atom. The van der Waals surface area contributed by atoms with Crippen molar-refractivity contribution in [2.45, 2.75) is 167 Å². The van der Waals surface area contributed by atoms with Crippen molar-refractivity contribution in [2.75, 3.05) is 20.3 Å². The Labute approximate surface area is 255 Å². The summed E-state index contributed by atoms with van der Waals surface area (Å²) in [5.41, 5.74) is 0. The van der Waals surface area contributed by atoms with Crippen LogP contribution in [0, 0.1) is 47.3 Å². The van der Waals surface area contributed by atoms with Crippen LogP contribution in [-0.2, 0) is 14.3 Å². The van der Waals surface area contributed by atoms with Gasteiger partial charge < -0.3 is 9.47 Å². The van der Waals surface area contributed by atoms with Crippen LogP contribution in [0.1, 0.15) is 167 Å². The summed E-state index contributed by atoms with van der Waals surface area (Å²) >= 11 is 0. The smallest absolute Gasteiger partial charge is 0.308 e. The van der Waals surface area contributed by atoms with Crippen LogP contribution >= 0.6 is 0 Å². The molecule has 3 heteroatoms. The van der Waals surface area contributed by atoms with Crippen molar-refractivity contribution in [1.82, 2.24) is 0 Å². The van der Waals surface area contributed by atoms with Gasteiger partial charge in [0.15, 0.2) is 0 Å². The summed E-state index contributed by atoms with van der Waals surface area (Å²) in [6.45, 7) is 3.78. The third kappa shape index (κ3) is 11.1. The van der Waals surface area contributed by atoms with Crippen LogP contribution in [0.4, 0.5) is 0 Å². The normalized spacial score (nSPS) is 34.8. The van der Waals surface area contributed by atoms with Crippen LogP contribution in [0.15, 0.2) is 0 Å². The molecule has 0 N–H and O–H groups in total. The zero-order valence-electron chi connectivity index (χ0n) is 27.4. The minimum absolute atomic E-state index is 0.0927. The fraction of sp³-hybridized carbons (Fsp3) is 0.974. The highest BCUT2D eigenvalue weighted by Gasteiger charge is 2.37.